The first-order valence-corrected chi connectivity index (χ1v) is 3.93. The predicted molar refractivity (Wildman–Crippen MR) is 49.0 cm³/mol. The van der Waals surface area contributed by atoms with E-state index in [1.165, 1.54) is 6.33 Å². The molecule has 0 spiro atoms. The van der Waals surface area contributed by atoms with Crippen LogP contribution in [0.3, 0.4) is 0 Å². The monoisotopic (exact) mass is 169 g/mol. The Morgan fingerprint density at radius 1 is 1.31 bits per heavy atom. The van der Waals surface area contributed by atoms with E-state index in [4.69, 9.17) is 5.26 Å². The molecule has 0 amide bonds. The highest BCUT2D eigenvalue weighted by Gasteiger charge is 1.99. The van der Waals surface area contributed by atoms with Crippen molar-refractivity contribution in [2.45, 2.75) is 6.92 Å². The molecule has 1 heterocycles. The average Bonchev–Trinajstić information content (AvgIpc) is 2.18. The number of hydrogen-bond acceptors (Lipinski definition) is 3. The minimum atomic E-state index is 0.630. The Labute approximate surface area is 75.7 Å². The minimum absolute atomic E-state index is 0.630. The van der Waals surface area contributed by atoms with E-state index in [1.807, 2.05) is 13.0 Å². The van der Waals surface area contributed by atoms with Crippen LogP contribution in [0.2, 0.25) is 0 Å². The number of fused-ring (bicyclic) bond motifs is 1. The summed E-state index contributed by atoms with van der Waals surface area (Å²) >= 11 is 0. The molecule has 0 aliphatic rings. The summed E-state index contributed by atoms with van der Waals surface area (Å²) < 4.78 is 0. The standard InChI is InChI=1S/C10H7N3/c1-7-9-3-2-8(5-11)4-10(9)13-6-12-7/h2-4,6H,1H3. The lowest BCUT2D eigenvalue weighted by molar-refractivity contribution is 1.15. The molecule has 0 radical (unpaired) electrons. The maximum Gasteiger partial charge on any atom is 0.116 e. The quantitative estimate of drug-likeness (QED) is 0.604. The number of hydrogen-bond donors (Lipinski definition) is 0. The van der Waals surface area contributed by atoms with Gasteiger partial charge in [-0.15, -0.1) is 0 Å². The molecule has 13 heavy (non-hydrogen) atoms. The molecular formula is C10H7N3. The van der Waals surface area contributed by atoms with Gasteiger partial charge in [-0.1, -0.05) is 0 Å². The van der Waals surface area contributed by atoms with Gasteiger partial charge in [-0.25, -0.2) is 9.97 Å². The SMILES string of the molecule is Cc1ncnc2cc(C#N)ccc12. The van der Waals surface area contributed by atoms with E-state index in [-0.39, 0.29) is 0 Å². The van der Waals surface area contributed by atoms with Gasteiger partial charge in [0.2, 0.25) is 0 Å². The Balaban J connectivity index is 2.82. The van der Waals surface area contributed by atoms with Gasteiger partial charge in [0.15, 0.2) is 0 Å². The van der Waals surface area contributed by atoms with Crippen LogP contribution in [0.15, 0.2) is 24.5 Å². The van der Waals surface area contributed by atoms with Crippen LogP contribution in [0.25, 0.3) is 10.9 Å². The fraction of sp³-hybridized carbons (Fsp3) is 0.100. The van der Waals surface area contributed by atoms with Gasteiger partial charge >= 0.3 is 0 Å². The number of nitriles is 1. The fourth-order valence-corrected chi connectivity index (χ4v) is 1.26. The van der Waals surface area contributed by atoms with Crippen LogP contribution in [-0.4, -0.2) is 9.97 Å². The molecule has 0 aliphatic carbocycles. The van der Waals surface area contributed by atoms with E-state index in [9.17, 15) is 0 Å². The number of rotatable bonds is 0. The Bertz CT molecular complexity index is 497. The Morgan fingerprint density at radius 3 is 2.92 bits per heavy atom. The van der Waals surface area contributed by atoms with Crippen molar-refractivity contribution in [3.8, 4) is 6.07 Å². The second kappa shape index (κ2) is 2.83. The molecule has 62 valence electrons. The van der Waals surface area contributed by atoms with Crippen LogP contribution < -0.4 is 0 Å². The first-order chi connectivity index (χ1) is 6.31. The van der Waals surface area contributed by atoms with Crippen LogP contribution in [0, 0.1) is 18.3 Å². The number of benzene rings is 1. The van der Waals surface area contributed by atoms with Crippen molar-refractivity contribution in [3.63, 3.8) is 0 Å². The zero-order valence-corrected chi connectivity index (χ0v) is 7.15. The van der Waals surface area contributed by atoms with Crippen LogP contribution in [0.4, 0.5) is 0 Å². The summed E-state index contributed by atoms with van der Waals surface area (Å²) in [5.41, 5.74) is 2.40. The van der Waals surface area contributed by atoms with E-state index >= 15 is 0 Å². The zero-order valence-electron chi connectivity index (χ0n) is 7.15. The van der Waals surface area contributed by atoms with E-state index < -0.39 is 0 Å². The van der Waals surface area contributed by atoms with Crippen molar-refractivity contribution < 1.29 is 0 Å². The van der Waals surface area contributed by atoms with Crippen LogP contribution in [-0.2, 0) is 0 Å². The lowest BCUT2D eigenvalue weighted by Gasteiger charge is -1.98. The van der Waals surface area contributed by atoms with Gasteiger partial charge in [-0.05, 0) is 25.1 Å². The highest BCUT2D eigenvalue weighted by Crippen LogP contribution is 2.14. The molecule has 1 aromatic heterocycles. The van der Waals surface area contributed by atoms with E-state index in [0.29, 0.717) is 5.56 Å². The van der Waals surface area contributed by atoms with Crippen molar-refractivity contribution in [2.75, 3.05) is 0 Å². The van der Waals surface area contributed by atoms with Crippen molar-refractivity contribution in [1.82, 2.24) is 9.97 Å². The van der Waals surface area contributed by atoms with E-state index in [0.717, 1.165) is 16.6 Å². The first kappa shape index (κ1) is 7.69. The average molecular weight is 169 g/mol. The Kier molecular flexibility index (Phi) is 1.67. The number of aromatic nitrogens is 2. The first-order valence-electron chi connectivity index (χ1n) is 3.93. The zero-order chi connectivity index (χ0) is 9.26. The van der Waals surface area contributed by atoms with Crippen molar-refractivity contribution in [1.29, 1.82) is 5.26 Å². The summed E-state index contributed by atoms with van der Waals surface area (Å²) in [6.45, 7) is 1.93. The Hall–Kier alpha value is -1.95. The summed E-state index contributed by atoms with van der Waals surface area (Å²) in [4.78, 5) is 8.16. The second-order valence-electron chi connectivity index (χ2n) is 2.80. The maximum atomic E-state index is 8.67. The second-order valence-corrected chi connectivity index (χ2v) is 2.80. The molecule has 1 aromatic carbocycles. The minimum Gasteiger partial charge on any atom is -0.241 e. The molecule has 2 aromatic rings. The van der Waals surface area contributed by atoms with Gasteiger partial charge in [0.25, 0.3) is 0 Å². The lowest BCUT2D eigenvalue weighted by Crippen LogP contribution is -1.87. The van der Waals surface area contributed by atoms with E-state index in [1.54, 1.807) is 12.1 Å². The highest BCUT2D eigenvalue weighted by atomic mass is 14.8. The van der Waals surface area contributed by atoms with Crippen molar-refractivity contribution in [3.05, 3.63) is 35.8 Å². The molecule has 0 saturated heterocycles. The molecule has 0 saturated carbocycles. The molecule has 0 fully saturated rings. The Morgan fingerprint density at radius 2 is 2.15 bits per heavy atom. The normalized spacial score (nSPS) is 9.85. The van der Waals surface area contributed by atoms with Crippen LogP contribution >= 0.6 is 0 Å². The van der Waals surface area contributed by atoms with E-state index in [2.05, 4.69) is 16.0 Å². The van der Waals surface area contributed by atoms with Crippen molar-refractivity contribution in [2.24, 2.45) is 0 Å². The molecule has 3 nitrogen and oxygen atoms in total. The topological polar surface area (TPSA) is 49.6 Å². The summed E-state index contributed by atoms with van der Waals surface area (Å²) in [6, 6.07) is 7.50. The smallest absolute Gasteiger partial charge is 0.116 e. The van der Waals surface area contributed by atoms with Gasteiger partial charge < -0.3 is 0 Å². The van der Waals surface area contributed by atoms with Gasteiger partial charge in [-0.2, -0.15) is 5.26 Å². The summed E-state index contributed by atoms with van der Waals surface area (Å²) in [7, 11) is 0. The van der Waals surface area contributed by atoms with Gasteiger partial charge in [-0.3, -0.25) is 0 Å². The van der Waals surface area contributed by atoms with Crippen molar-refractivity contribution >= 4 is 10.9 Å². The number of aryl methyl sites for hydroxylation is 1. The predicted octanol–water partition coefficient (Wildman–Crippen LogP) is 1.81. The lowest BCUT2D eigenvalue weighted by atomic mass is 10.1. The summed E-state index contributed by atoms with van der Waals surface area (Å²) in [6.07, 6.45) is 1.51. The molecule has 0 bridgehead atoms. The molecule has 0 N–H and O–H groups in total. The molecule has 0 unspecified atom stereocenters. The summed E-state index contributed by atoms with van der Waals surface area (Å²) in [5.74, 6) is 0. The molecule has 2 rings (SSSR count). The largest absolute Gasteiger partial charge is 0.241 e. The highest BCUT2D eigenvalue weighted by molar-refractivity contribution is 5.81. The number of nitrogens with zero attached hydrogens (tertiary/aromatic N) is 3. The molecule has 0 atom stereocenters. The van der Waals surface area contributed by atoms with Gasteiger partial charge in [0, 0.05) is 11.1 Å². The van der Waals surface area contributed by atoms with Gasteiger partial charge in [0.1, 0.15) is 6.33 Å². The maximum absolute atomic E-state index is 8.67. The third-order valence-corrected chi connectivity index (χ3v) is 1.96. The van der Waals surface area contributed by atoms with Crippen LogP contribution in [0.5, 0.6) is 0 Å². The third kappa shape index (κ3) is 1.23. The molecule has 3 heteroatoms. The molecular weight excluding hydrogens is 162 g/mol. The van der Waals surface area contributed by atoms with Gasteiger partial charge in [0.05, 0.1) is 17.1 Å². The third-order valence-electron chi connectivity index (χ3n) is 1.96. The summed E-state index contributed by atoms with van der Waals surface area (Å²) in [5, 5.41) is 9.67. The molecule has 0 aliphatic heterocycles. The van der Waals surface area contributed by atoms with Crippen LogP contribution in [0.1, 0.15) is 11.3 Å². The fourth-order valence-electron chi connectivity index (χ4n) is 1.26.